The normalized spacial score (nSPS) is 49.6. The largest absolute Gasteiger partial charge is 0.452 e. The Hall–Kier alpha value is -1.66. The van der Waals surface area contributed by atoms with E-state index in [-0.39, 0.29) is 18.2 Å². The minimum Gasteiger partial charge on any atom is -0.452 e. The predicted octanol–water partition coefficient (Wildman–Crippen LogP) is 0.758. The van der Waals surface area contributed by atoms with Crippen molar-refractivity contribution in [3.63, 3.8) is 0 Å². The molecule has 5 rings (SSSR count). The van der Waals surface area contributed by atoms with Gasteiger partial charge in [-0.1, -0.05) is 0 Å². The number of carbonyl (C=O) groups excluding carboxylic acids is 2. The van der Waals surface area contributed by atoms with E-state index in [1.54, 1.807) is 6.92 Å². The fraction of sp³-hybridized carbons (Fsp3) is 0.600. The van der Waals surface area contributed by atoms with Gasteiger partial charge in [0, 0.05) is 5.57 Å². The van der Waals surface area contributed by atoms with Crippen molar-refractivity contribution in [2.24, 2.45) is 0 Å². The average molecular weight is 290 g/mol. The number of carbonyl (C=O) groups is 2. The van der Waals surface area contributed by atoms with Gasteiger partial charge in [-0.05, 0) is 38.3 Å². The molecule has 1 spiro atoms. The summed E-state index contributed by atoms with van der Waals surface area (Å²) in [5.41, 5.74) is 1.22. The second kappa shape index (κ2) is 3.23. The molecule has 0 amide bonds. The van der Waals surface area contributed by atoms with E-state index in [9.17, 15) is 9.59 Å². The molecule has 6 nitrogen and oxygen atoms in total. The molecule has 4 bridgehead atoms. The molecule has 3 saturated heterocycles. The topological polar surface area (TPSA) is 74.4 Å². The summed E-state index contributed by atoms with van der Waals surface area (Å²) >= 11 is 0. The van der Waals surface area contributed by atoms with Crippen LogP contribution in [0.1, 0.15) is 26.7 Å². The monoisotopic (exact) mass is 290 g/mol. The number of hydrogen-bond acceptors (Lipinski definition) is 6. The smallest absolute Gasteiger partial charge is 0.342 e. The van der Waals surface area contributed by atoms with Crippen molar-refractivity contribution in [1.82, 2.24) is 0 Å². The van der Waals surface area contributed by atoms with Gasteiger partial charge in [-0.2, -0.15) is 0 Å². The van der Waals surface area contributed by atoms with Gasteiger partial charge in [0.2, 0.25) is 0 Å². The molecule has 6 heteroatoms. The maximum absolute atomic E-state index is 12.2. The number of rotatable bonds is 0. The van der Waals surface area contributed by atoms with E-state index < -0.39 is 23.5 Å². The lowest BCUT2D eigenvalue weighted by Gasteiger charge is -2.29. The molecule has 5 aliphatic rings. The van der Waals surface area contributed by atoms with Crippen LogP contribution < -0.4 is 0 Å². The maximum Gasteiger partial charge on any atom is 0.342 e. The van der Waals surface area contributed by atoms with Crippen LogP contribution in [0.2, 0.25) is 0 Å². The molecule has 5 aliphatic heterocycles. The molecule has 0 unspecified atom stereocenters. The van der Waals surface area contributed by atoms with Crippen LogP contribution in [-0.2, 0) is 28.5 Å². The summed E-state index contributed by atoms with van der Waals surface area (Å²) in [6.45, 7) is 3.63. The van der Waals surface area contributed by atoms with Gasteiger partial charge in [-0.25, -0.2) is 9.59 Å². The summed E-state index contributed by atoms with van der Waals surface area (Å²) in [7, 11) is 0. The third kappa shape index (κ3) is 1.18. The number of esters is 2. The molecule has 110 valence electrons. The molecule has 0 aromatic heterocycles. The van der Waals surface area contributed by atoms with E-state index in [4.69, 9.17) is 18.9 Å². The van der Waals surface area contributed by atoms with E-state index >= 15 is 0 Å². The van der Waals surface area contributed by atoms with Gasteiger partial charge < -0.3 is 18.9 Å². The summed E-state index contributed by atoms with van der Waals surface area (Å²) in [6.07, 6.45) is 1.97. The highest BCUT2D eigenvalue weighted by Gasteiger charge is 2.76. The molecule has 5 heterocycles. The minimum absolute atomic E-state index is 0.162. The van der Waals surface area contributed by atoms with E-state index in [1.807, 2.05) is 13.0 Å². The van der Waals surface area contributed by atoms with Crippen molar-refractivity contribution in [3.8, 4) is 0 Å². The Bertz CT molecular complexity index is 676. The molecule has 21 heavy (non-hydrogen) atoms. The summed E-state index contributed by atoms with van der Waals surface area (Å²) < 4.78 is 22.8. The Balaban J connectivity index is 1.73. The van der Waals surface area contributed by atoms with Crippen molar-refractivity contribution in [1.29, 1.82) is 0 Å². The van der Waals surface area contributed by atoms with Gasteiger partial charge in [0.15, 0.2) is 11.7 Å². The molecule has 0 aliphatic carbocycles. The zero-order valence-electron chi connectivity index (χ0n) is 11.7. The van der Waals surface area contributed by atoms with Gasteiger partial charge in [0.1, 0.15) is 6.10 Å². The summed E-state index contributed by atoms with van der Waals surface area (Å²) in [6, 6.07) is 0. The number of epoxide rings is 1. The minimum atomic E-state index is -1.22. The SMILES string of the molecule is CC1=C[C@]23OC(=O)C(C)=C2[C@H]2OC(=O)[C@]4(CC[C@@H]1O3)O[C@H]24. The van der Waals surface area contributed by atoms with Crippen LogP contribution in [0, 0.1) is 0 Å². The number of fused-ring (bicyclic) bond motifs is 2. The number of ether oxygens (including phenoxy) is 4. The first kappa shape index (κ1) is 11.9. The summed E-state index contributed by atoms with van der Waals surface area (Å²) in [5.74, 6) is -1.97. The van der Waals surface area contributed by atoms with E-state index in [0.29, 0.717) is 24.0 Å². The lowest BCUT2D eigenvalue weighted by Crippen LogP contribution is -2.39. The van der Waals surface area contributed by atoms with Crippen LogP contribution in [0.5, 0.6) is 0 Å². The molecule has 0 saturated carbocycles. The maximum atomic E-state index is 12.2. The van der Waals surface area contributed by atoms with Crippen molar-refractivity contribution in [3.05, 3.63) is 22.8 Å². The molecule has 0 N–H and O–H groups in total. The van der Waals surface area contributed by atoms with Gasteiger partial charge in [-0.15, -0.1) is 0 Å². The third-order valence-corrected chi connectivity index (χ3v) is 5.23. The molecular weight excluding hydrogens is 276 g/mol. The van der Waals surface area contributed by atoms with Crippen LogP contribution in [0.15, 0.2) is 22.8 Å². The molecular formula is C15H14O6. The van der Waals surface area contributed by atoms with Crippen LogP contribution >= 0.6 is 0 Å². The Labute approximate surface area is 120 Å². The van der Waals surface area contributed by atoms with Gasteiger partial charge in [-0.3, -0.25) is 0 Å². The van der Waals surface area contributed by atoms with E-state index in [2.05, 4.69) is 0 Å². The lowest BCUT2D eigenvalue weighted by molar-refractivity contribution is -0.192. The summed E-state index contributed by atoms with van der Waals surface area (Å²) in [5, 5.41) is 0. The lowest BCUT2D eigenvalue weighted by atomic mass is 9.89. The van der Waals surface area contributed by atoms with Crippen LogP contribution in [-0.4, -0.2) is 41.6 Å². The molecule has 0 radical (unpaired) electrons. The zero-order valence-corrected chi connectivity index (χ0v) is 11.7. The van der Waals surface area contributed by atoms with Gasteiger partial charge in [0.25, 0.3) is 5.79 Å². The van der Waals surface area contributed by atoms with Crippen molar-refractivity contribution in [2.45, 2.75) is 56.4 Å². The first-order valence-electron chi connectivity index (χ1n) is 7.17. The molecule has 0 aromatic rings. The highest BCUT2D eigenvalue weighted by atomic mass is 16.7. The highest BCUT2D eigenvalue weighted by Crippen LogP contribution is 2.58. The molecule has 3 fully saturated rings. The first-order chi connectivity index (χ1) is 9.97. The third-order valence-electron chi connectivity index (χ3n) is 5.23. The van der Waals surface area contributed by atoms with Crippen molar-refractivity contribution in [2.75, 3.05) is 0 Å². The quantitative estimate of drug-likeness (QED) is 0.372. The van der Waals surface area contributed by atoms with Crippen molar-refractivity contribution >= 4 is 11.9 Å². The number of hydrogen-bond donors (Lipinski definition) is 0. The second-order valence-electron chi connectivity index (χ2n) is 6.38. The van der Waals surface area contributed by atoms with E-state index in [0.717, 1.165) is 5.57 Å². The van der Waals surface area contributed by atoms with Crippen LogP contribution in [0.25, 0.3) is 0 Å². The first-order valence-corrected chi connectivity index (χ1v) is 7.17. The summed E-state index contributed by atoms with van der Waals surface area (Å²) in [4.78, 5) is 24.2. The van der Waals surface area contributed by atoms with E-state index in [1.165, 1.54) is 0 Å². The predicted molar refractivity (Wildman–Crippen MR) is 66.9 cm³/mol. The Morgan fingerprint density at radius 3 is 2.81 bits per heavy atom. The van der Waals surface area contributed by atoms with Crippen LogP contribution in [0.3, 0.4) is 0 Å². The molecule has 0 aromatic carbocycles. The van der Waals surface area contributed by atoms with Gasteiger partial charge in [0.05, 0.1) is 11.7 Å². The Morgan fingerprint density at radius 1 is 1.24 bits per heavy atom. The fourth-order valence-electron chi connectivity index (χ4n) is 4.06. The van der Waals surface area contributed by atoms with Crippen LogP contribution in [0.4, 0.5) is 0 Å². The fourth-order valence-corrected chi connectivity index (χ4v) is 4.06. The Morgan fingerprint density at radius 2 is 2.05 bits per heavy atom. The average Bonchev–Trinajstić information content (AvgIpc) is 2.90. The Kier molecular flexibility index (Phi) is 1.83. The van der Waals surface area contributed by atoms with Gasteiger partial charge >= 0.3 is 11.9 Å². The standard InChI is InChI=1S/C15H14O6/c1-6-5-15-9(7(2)12(16)21-15)10-11-14(20-11,13(17)18-10)4-3-8(6)19-15/h5,8,10-11H,3-4H2,1-2H3/t8-,10+,11+,14+,15-/m0/s1. The van der Waals surface area contributed by atoms with Crippen molar-refractivity contribution < 1.29 is 28.5 Å². The molecule has 5 atom stereocenters. The zero-order chi connectivity index (χ0) is 14.6. The highest BCUT2D eigenvalue weighted by molar-refractivity contribution is 5.94. The second-order valence-corrected chi connectivity index (χ2v) is 6.38.